The Morgan fingerprint density at radius 1 is 1.33 bits per heavy atom. The lowest BCUT2D eigenvalue weighted by Crippen LogP contribution is -2.35. The van der Waals surface area contributed by atoms with Crippen molar-refractivity contribution in [3.63, 3.8) is 0 Å². The Balaban J connectivity index is 1.96. The van der Waals surface area contributed by atoms with Crippen molar-refractivity contribution in [1.29, 1.82) is 0 Å². The van der Waals surface area contributed by atoms with Crippen molar-refractivity contribution < 1.29 is 5.11 Å². The molecular weight excluding hydrogens is 228 g/mol. The van der Waals surface area contributed by atoms with Gasteiger partial charge in [-0.2, -0.15) is 4.98 Å². The van der Waals surface area contributed by atoms with Gasteiger partial charge in [0.15, 0.2) is 0 Å². The lowest BCUT2D eigenvalue weighted by Gasteiger charge is -2.35. The SMILES string of the molecule is CNc1nccc(NCC2(CO)CCCCC2)n1. The van der Waals surface area contributed by atoms with Crippen LogP contribution in [-0.2, 0) is 0 Å². The van der Waals surface area contributed by atoms with Gasteiger partial charge in [0.25, 0.3) is 0 Å². The monoisotopic (exact) mass is 250 g/mol. The van der Waals surface area contributed by atoms with Crippen molar-refractivity contribution in [3.05, 3.63) is 12.3 Å². The molecule has 1 aliphatic carbocycles. The maximum Gasteiger partial charge on any atom is 0.224 e. The van der Waals surface area contributed by atoms with Gasteiger partial charge in [0, 0.05) is 25.2 Å². The van der Waals surface area contributed by atoms with Gasteiger partial charge in [0.2, 0.25) is 5.95 Å². The second-order valence-corrected chi connectivity index (χ2v) is 5.09. The van der Waals surface area contributed by atoms with Gasteiger partial charge in [-0.15, -0.1) is 0 Å². The largest absolute Gasteiger partial charge is 0.396 e. The predicted molar refractivity (Wildman–Crippen MR) is 72.7 cm³/mol. The third kappa shape index (κ3) is 3.10. The number of aromatic nitrogens is 2. The molecule has 18 heavy (non-hydrogen) atoms. The molecule has 0 aliphatic heterocycles. The zero-order valence-electron chi connectivity index (χ0n) is 10.9. The third-order valence-electron chi connectivity index (χ3n) is 3.77. The molecule has 0 spiro atoms. The van der Waals surface area contributed by atoms with Crippen molar-refractivity contribution in [3.8, 4) is 0 Å². The fourth-order valence-corrected chi connectivity index (χ4v) is 2.55. The molecule has 1 aromatic heterocycles. The summed E-state index contributed by atoms with van der Waals surface area (Å²) in [4.78, 5) is 8.40. The zero-order valence-corrected chi connectivity index (χ0v) is 10.9. The maximum absolute atomic E-state index is 9.64. The van der Waals surface area contributed by atoms with E-state index in [1.807, 2.05) is 6.07 Å². The van der Waals surface area contributed by atoms with Crippen LogP contribution in [-0.4, -0.2) is 35.3 Å². The highest BCUT2D eigenvalue weighted by atomic mass is 16.3. The molecule has 0 amide bonds. The Kier molecular flexibility index (Phi) is 4.36. The molecule has 2 rings (SSSR count). The first-order chi connectivity index (χ1) is 8.78. The van der Waals surface area contributed by atoms with Gasteiger partial charge in [-0.25, -0.2) is 4.98 Å². The normalized spacial score (nSPS) is 18.3. The van der Waals surface area contributed by atoms with Gasteiger partial charge >= 0.3 is 0 Å². The number of nitrogens with one attached hydrogen (secondary N) is 2. The van der Waals surface area contributed by atoms with Crippen LogP contribution in [0.2, 0.25) is 0 Å². The Labute approximate surface area is 108 Å². The highest BCUT2D eigenvalue weighted by Gasteiger charge is 2.31. The van der Waals surface area contributed by atoms with Crippen LogP contribution in [0, 0.1) is 5.41 Å². The van der Waals surface area contributed by atoms with Crippen LogP contribution in [0.3, 0.4) is 0 Å². The van der Waals surface area contributed by atoms with Crippen LogP contribution < -0.4 is 10.6 Å². The summed E-state index contributed by atoms with van der Waals surface area (Å²) in [6, 6.07) is 1.86. The first kappa shape index (κ1) is 13.1. The number of hydrogen-bond acceptors (Lipinski definition) is 5. The minimum Gasteiger partial charge on any atom is -0.396 e. The number of hydrogen-bond donors (Lipinski definition) is 3. The van der Waals surface area contributed by atoms with Gasteiger partial charge < -0.3 is 15.7 Å². The van der Waals surface area contributed by atoms with E-state index in [4.69, 9.17) is 0 Å². The molecule has 3 N–H and O–H groups in total. The average Bonchev–Trinajstić information content (AvgIpc) is 2.46. The molecule has 0 aromatic carbocycles. The van der Waals surface area contributed by atoms with Gasteiger partial charge in [-0.1, -0.05) is 19.3 Å². The highest BCUT2D eigenvalue weighted by Crippen LogP contribution is 2.35. The summed E-state index contributed by atoms with van der Waals surface area (Å²) in [5.41, 5.74) is 0.0308. The number of rotatable bonds is 5. The van der Waals surface area contributed by atoms with Crippen molar-refractivity contribution in [2.45, 2.75) is 32.1 Å². The topological polar surface area (TPSA) is 70.1 Å². The molecule has 0 atom stereocenters. The summed E-state index contributed by atoms with van der Waals surface area (Å²) < 4.78 is 0. The maximum atomic E-state index is 9.64. The van der Waals surface area contributed by atoms with Crippen molar-refractivity contribution in [1.82, 2.24) is 9.97 Å². The quantitative estimate of drug-likeness (QED) is 0.744. The van der Waals surface area contributed by atoms with Gasteiger partial charge in [0.1, 0.15) is 5.82 Å². The smallest absolute Gasteiger partial charge is 0.224 e. The van der Waals surface area contributed by atoms with Gasteiger partial charge in [-0.3, -0.25) is 0 Å². The van der Waals surface area contributed by atoms with E-state index < -0.39 is 0 Å². The predicted octanol–water partition coefficient (Wildman–Crippen LogP) is 1.87. The van der Waals surface area contributed by atoms with E-state index >= 15 is 0 Å². The molecule has 100 valence electrons. The minimum atomic E-state index is 0.0308. The molecule has 0 radical (unpaired) electrons. The summed E-state index contributed by atoms with van der Waals surface area (Å²) >= 11 is 0. The second-order valence-electron chi connectivity index (χ2n) is 5.09. The summed E-state index contributed by atoms with van der Waals surface area (Å²) in [7, 11) is 1.80. The summed E-state index contributed by atoms with van der Waals surface area (Å²) in [6.07, 6.45) is 7.65. The van der Waals surface area contributed by atoms with Crippen molar-refractivity contribution in [2.75, 3.05) is 30.8 Å². The van der Waals surface area contributed by atoms with E-state index in [1.165, 1.54) is 19.3 Å². The molecule has 1 heterocycles. The Bertz CT molecular complexity index is 377. The summed E-state index contributed by atoms with van der Waals surface area (Å²) in [5.74, 6) is 1.43. The van der Waals surface area contributed by atoms with Crippen LogP contribution in [0.5, 0.6) is 0 Å². The zero-order chi connectivity index (χ0) is 12.8. The number of aliphatic hydroxyl groups excluding tert-OH is 1. The molecular formula is C13H22N4O. The van der Waals surface area contributed by atoms with E-state index in [1.54, 1.807) is 13.2 Å². The average molecular weight is 250 g/mol. The molecule has 1 aromatic rings. The molecule has 0 bridgehead atoms. The molecule has 5 heteroatoms. The first-order valence-electron chi connectivity index (χ1n) is 6.64. The van der Waals surface area contributed by atoms with Crippen molar-refractivity contribution in [2.24, 2.45) is 5.41 Å². The lowest BCUT2D eigenvalue weighted by atomic mass is 9.74. The van der Waals surface area contributed by atoms with Crippen LogP contribution in [0.4, 0.5) is 11.8 Å². The fourth-order valence-electron chi connectivity index (χ4n) is 2.55. The Morgan fingerprint density at radius 3 is 2.78 bits per heavy atom. The molecule has 0 saturated heterocycles. The second kappa shape index (κ2) is 6.00. The standard InChI is InChI=1S/C13H22N4O/c1-14-12-15-8-5-11(17-12)16-9-13(10-18)6-3-2-4-7-13/h5,8,18H,2-4,6-7,9-10H2,1H3,(H2,14,15,16,17). The van der Waals surface area contributed by atoms with E-state index in [0.717, 1.165) is 25.2 Å². The van der Waals surface area contributed by atoms with E-state index in [0.29, 0.717) is 5.95 Å². The number of aliphatic hydroxyl groups is 1. The summed E-state index contributed by atoms with van der Waals surface area (Å²) in [5, 5.41) is 15.9. The third-order valence-corrected chi connectivity index (χ3v) is 3.77. The van der Waals surface area contributed by atoms with Crippen molar-refractivity contribution >= 4 is 11.8 Å². The Morgan fingerprint density at radius 2 is 2.11 bits per heavy atom. The molecule has 1 fully saturated rings. The number of anilines is 2. The fraction of sp³-hybridized carbons (Fsp3) is 0.692. The summed E-state index contributed by atoms with van der Waals surface area (Å²) in [6.45, 7) is 1.04. The van der Waals surface area contributed by atoms with Crippen LogP contribution >= 0.6 is 0 Å². The minimum absolute atomic E-state index is 0.0308. The highest BCUT2D eigenvalue weighted by molar-refractivity contribution is 5.39. The van der Waals surface area contributed by atoms with Gasteiger partial charge in [-0.05, 0) is 18.9 Å². The Hall–Kier alpha value is -1.36. The lowest BCUT2D eigenvalue weighted by molar-refractivity contribution is 0.0943. The van der Waals surface area contributed by atoms with Crippen LogP contribution in [0.15, 0.2) is 12.3 Å². The molecule has 1 saturated carbocycles. The molecule has 0 unspecified atom stereocenters. The van der Waals surface area contributed by atoms with E-state index in [-0.39, 0.29) is 12.0 Å². The molecule has 5 nitrogen and oxygen atoms in total. The van der Waals surface area contributed by atoms with Gasteiger partial charge in [0.05, 0.1) is 6.61 Å². The van der Waals surface area contributed by atoms with E-state index in [9.17, 15) is 5.11 Å². The molecule has 1 aliphatic rings. The van der Waals surface area contributed by atoms with E-state index in [2.05, 4.69) is 20.6 Å². The van der Waals surface area contributed by atoms with Crippen LogP contribution in [0.1, 0.15) is 32.1 Å². The first-order valence-corrected chi connectivity index (χ1v) is 6.64. The van der Waals surface area contributed by atoms with Crippen LogP contribution in [0.25, 0.3) is 0 Å². The number of nitrogens with zero attached hydrogens (tertiary/aromatic N) is 2.